The summed E-state index contributed by atoms with van der Waals surface area (Å²) in [7, 11) is -2.72. The van der Waals surface area contributed by atoms with E-state index in [1.807, 2.05) is 6.92 Å². The first kappa shape index (κ1) is 30.8. The molecule has 0 aliphatic rings. The van der Waals surface area contributed by atoms with Gasteiger partial charge in [-0.25, -0.2) is 8.42 Å². The van der Waals surface area contributed by atoms with Gasteiger partial charge in [-0.3, -0.25) is 13.9 Å². The monoisotopic (exact) mass is 609 g/mol. The summed E-state index contributed by atoms with van der Waals surface area (Å²) in [4.78, 5) is 28.2. The summed E-state index contributed by atoms with van der Waals surface area (Å²) in [6, 6.07) is 15.2. The molecule has 1 atom stereocenters. The first-order valence-corrected chi connectivity index (χ1v) is 14.8. The predicted molar refractivity (Wildman–Crippen MR) is 157 cm³/mol. The Balaban J connectivity index is 2.12. The molecule has 1 N–H and O–H groups in total. The van der Waals surface area contributed by atoms with Gasteiger partial charge in [0.15, 0.2) is 0 Å². The smallest absolute Gasteiger partial charge is 0.264 e. The molecular weight excluding hydrogens is 581 g/mol. The van der Waals surface area contributed by atoms with Crippen molar-refractivity contribution in [3.8, 4) is 0 Å². The van der Waals surface area contributed by atoms with Gasteiger partial charge in [-0.05, 0) is 67.8 Å². The molecule has 0 radical (unpaired) electrons. The Kier molecular flexibility index (Phi) is 10.3. The Bertz CT molecular complexity index is 1460. The van der Waals surface area contributed by atoms with Crippen LogP contribution >= 0.6 is 34.8 Å². The van der Waals surface area contributed by atoms with Crippen molar-refractivity contribution in [3.63, 3.8) is 0 Å². The summed E-state index contributed by atoms with van der Waals surface area (Å²) in [6.45, 7) is 4.75. The third-order valence-corrected chi connectivity index (χ3v) is 8.91. The van der Waals surface area contributed by atoms with E-state index in [1.165, 1.54) is 30.1 Å². The van der Waals surface area contributed by atoms with Crippen LogP contribution in [0.25, 0.3) is 0 Å². The van der Waals surface area contributed by atoms with Gasteiger partial charge >= 0.3 is 0 Å². The second kappa shape index (κ2) is 13.0. The van der Waals surface area contributed by atoms with E-state index < -0.39 is 28.5 Å². The van der Waals surface area contributed by atoms with Crippen LogP contribution in [-0.4, -0.2) is 44.8 Å². The Morgan fingerprint density at radius 3 is 2.13 bits per heavy atom. The van der Waals surface area contributed by atoms with Crippen LogP contribution in [0, 0.1) is 13.8 Å². The molecule has 0 unspecified atom stereocenters. The van der Waals surface area contributed by atoms with Crippen molar-refractivity contribution in [1.29, 1.82) is 0 Å². The molecule has 3 rings (SSSR count). The lowest BCUT2D eigenvalue weighted by Gasteiger charge is -2.33. The number of halogens is 3. The van der Waals surface area contributed by atoms with Crippen molar-refractivity contribution in [1.82, 2.24) is 10.2 Å². The van der Waals surface area contributed by atoms with Crippen LogP contribution in [-0.2, 0) is 26.2 Å². The molecule has 0 fully saturated rings. The van der Waals surface area contributed by atoms with Crippen LogP contribution in [0.3, 0.4) is 0 Å². The number of benzene rings is 3. The van der Waals surface area contributed by atoms with Gasteiger partial charge < -0.3 is 10.2 Å². The molecule has 0 heterocycles. The standard InChI is InChI=1S/C28H30Cl3N3O4S/c1-5-25(28(36)32-4)33(16-20-9-11-21(29)14-24(20)31)27(35)17-34(26-15-22(30)10-8-19(26)3)39(37,38)23-12-6-18(2)7-13-23/h6-15,25H,5,16-17H2,1-4H3,(H,32,36)/t25-/m0/s1. The molecule has 0 spiro atoms. The van der Waals surface area contributed by atoms with Gasteiger partial charge in [0.1, 0.15) is 12.6 Å². The van der Waals surface area contributed by atoms with Crippen LogP contribution in [0.15, 0.2) is 65.6 Å². The zero-order chi connectivity index (χ0) is 28.9. The number of amides is 2. The molecule has 2 amide bonds. The zero-order valence-electron chi connectivity index (χ0n) is 22.0. The Morgan fingerprint density at radius 2 is 1.54 bits per heavy atom. The lowest BCUT2D eigenvalue weighted by atomic mass is 10.1. The highest BCUT2D eigenvalue weighted by atomic mass is 35.5. The van der Waals surface area contributed by atoms with E-state index in [4.69, 9.17) is 34.8 Å². The number of nitrogens with one attached hydrogen (secondary N) is 1. The van der Waals surface area contributed by atoms with Gasteiger partial charge in [0, 0.05) is 28.7 Å². The SMILES string of the molecule is CC[C@@H](C(=O)NC)N(Cc1ccc(Cl)cc1Cl)C(=O)CN(c1cc(Cl)ccc1C)S(=O)(=O)c1ccc(C)cc1. The summed E-state index contributed by atoms with van der Waals surface area (Å²) in [6.07, 6.45) is 0.289. The number of aryl methyl sites for hydroxylation is 2. The van der Waals surface area contributed by atoms with E-state index in [2.05, 4.69) is 5.32 Å². The van der Waals surface area contributed by atoms with Crippen LogP contribution in [0.2, 0.25) is 15.1 Å². The highest BCUT2D eigenvalue weighted by Gasteiger charge is 2.34. The lowest BCUT2D eigenvalue weighted by molar-refractivity contribution is -0.140. The minimum absolute atomic E-state index is 0.0194. The van der Waals surface area contributed by atoms with E-state index in [0.717, 1.165) is 9.87 Å². The van der Waals surface area contributed by atoms with E-state index in [0.29, 0.717) is 26.2 Å². The van der Waals surface area contributed by atoms with Crippen LogP contribution in [0.5, 0.6) is 0 Å². The fourth-order valence-corrected chi connectivity index (χ4v) is 6.23. The molecule has 11 heteroatoms. The third kappa shape index (κ3) is 7.25. The Labute approximate surface area is 244 Å². The van der Waals surface area contributed by atoms with Gasteiger partial charge in [0.2, 0.25) is 11.8 Å². The molecule has 3 aromatic carbocycles. The number of likely N-dealkylation sites (N-methyl/N-ethyl adjacent to an activating group) is 1. The number of sulfonamides is 1. The minimum atomic E-state index is -4.20. The fraction of sp³-hybridized carbons (Fsp3) is 0.286. The fourth-order valence-electron chi connectivity index (χ4n) is 4.12. The normalized spacial score (nSPS) is 12.1. The van der Waals surface area contributed by atoms with Gasteiger partial charge in [-0.2, -0.15) is 0 Å². The van der Waals surface area contributed by atoms with E-state index in [1.54, 1.807) is 56.3 Å². The predicted octanol–water partition coefficient (Wildman–Crippen LogP) is 6.01. The van der Waals surface area contributed by atoms with Gasteiger partial charge in [-0.15, -0.1) is 0 Å². The summed E-state index contributed by atoms with van der Waals surface area (Å²) < 4.78 is 28.9. The van der Waals surface area contributed by atoms with Gasteiger partial charge in [-0.1, -0.05) is 71.6 Å². The molecule has 3 aromatic rings. The number of hydrogen-bond donors (Lipinski definition) is 1. The van der Waals surface area contributed by atoms with Crippen LogP contribution in [0.1, 0.15) is 30.0 Å². The molecule has 0 saturated heterocycles. The first-order valence-electron chi connectivity index (χ1n) is 12.2. The Morgan fingerprint density at radius 1 is 0.923 bits per heavy atom. The number of carbonyl (C=O) groups is 2. The minimum Gasteiger partial charge on any atom is -0.357 e. The molecule has 0 bridgehead atoms. The maximum atomic E-state index is 14.0. The maximum absolute atomic E-state index is 14.0. The van der Waals surface area contributed by atoms with Crippen molar-refractivity contribution in [2.24, 2.45) is 0 Å². The van der Waals surface area contributed by atoms with Crippen molar-refractivity contribution in [3.05, 3.63) is 92.4 Å². The van der Waals surface area contributed by atoms with Crippen LogP contribution < -0.4 is 9.62 Å². The first-order chi connectivity index (χ1) is 18.4. The summed E-state index contributed by atoms with van der Waals surface area (Å²) >= 11 is 18.7. The number of nitrogens with zero attached hydrogens (tertiary/aromatic N) is 2. The van der Waals surface area contributed by atoms with Gasteiger partial charge in [0.05, 0.1) is 10.6 Å². The van der Waals surface area contributed by atoms with Crippen LogP contribution in [0.4, 0.5) is 5.69 Å². The van der Waals surface area contributed by atoms with E-state index in [9.17, 15) is 18.0 Å². The summed E-state index contributed by atoms with van der Waals surface area (Å²) in [5.74, 6) is -0.977. The van der Waals surface area contributed by atoms with Crippen molar-refractivity contribution >= 4 is 62.3 Å². The quantitative estimate of drug-likeness (QED) is 0.305. The summed E-state index contributed by atoms with van der Waals surface area (Å²) in [5, 5.41) is 3.65. The topological polar surface area (TPSA) is 86.8 Å². The highest BCUT2D eigenvalue weighted by Crippen LogP contribution is 2.31. The van der Waals surface area contributed by atoms with Crippen molar-refractivity contribution in [2.75, 3.05) is 17.9 Å². The molecule has 7 nitrogen and oxygen atoms in total. The van der Waals surface area contributed by atoms with Crippen molar-refractivity contribution < 1.29 is 18.0 Å². The molecule has 39 heavy (non-hydrogen) atoms. The number of carbonyl (C=O) groups excluding carboxylic acids is 2. The van der Waals surface area contributed by atoms with E-state index in [-0.39, 0.29) is 29.5 Å². The van der Waals surface area contributed by atoms with Gasteiger partial charge in [0.25, 0.3) is 10.0 Å². The maximum Gasteiger partial charge on any atom is 0.264 e. The molecule has 0 saturated carbocycles. The Hall–Kier alpha value is -2.78. The average Bonchev–Trinajstić information content (AvgIpc) is 2.89. The largest absolute Gasteiger partial charge is 0.357 e. The number of rotatable bonds is 10. The van der Waals surface area contributed by atoms with Crippen molar-refractivity contribution in [2.45, 2.75) is 44.7 Å². The number of anilines is 1. The summed E-state index contributed by atoms with van der Waals surface area (Å²) in [5.41, 5.74) is 2.31. The lowest BCUT2D eigenvalue weighted by Crippen LogP contribution is -2.51. The second-order valence-electron chi connectivity index (χ2n) is 9.05. The molecule has 0 aromatic heterocycles. The zero-order valence-corrected chi connectivity index (χ0v) is 25.1. The average molecular weight is 611 g/mol. The third-order valence-electron chi connectivity index (χ3n) is 6.32. The number of hydrogen-bond acceptors (Lipinski definition) is 4. The molecule has 208 valence electrons. The highest BCUT2D eigenvalue weighted by molar-refractivity contribution is 7.92. The van der Waals surface area contributed by atoms with E-state index >= 15 is 0 Å². The second-order valence-corrected chi connectivity index (χ2v) is 12.2. The molecule has 0 aliphatic carbocycles. The molecular formula is C28H30Cl3N3O4S. The molecule has 0 aliphatic heterocycles.